The predicted octanol–water partition coefficient (Wildman–Crippen LogP) is 1.48. The van der Waals surface area contributed by atoms with Crippen LogP contribution < -0.4 is 5.32 Å². The highest BCUT2D eigenvalue weighted by atomic mass is 16.5. The molecule has 1 atom stereocenters. The van der Waals surface area contributed by atoms with Gasteiger partial charge in [-0.05, 0) is 42.6 Å². The molecule has 2 saturated heterocycles. The van der Waals surface area contributed by atoms with E-state index in [0.717, 1.165) is 38.4 Å². The lowest BCUT2D eigenvalue weighted by atomic mass is 9.85. The molecule has 2 amide bonds. The van der Waals surface area contributed by atoms with Crippen molar-refractivity contribution in [3.05, 3.63) is 17.5 Å². The van der Waals surface area contributed by atoms with Crippen LogP contribution in [0.5, 0.6) is 0 Å². The number of likely N-dealkylation sites (tertiary alicyclic amines) is 1. The molecular weight excluding hydrogens is 280 g/mol. The Morgan fingerprint density at radius 2 is 2.18 bits per heavy atom. The molecule has 1 aromatic heterocycles. The Labute approximate surface area is 130 Å². The van der Waals surface area contributed by atoms with Gasteiger partial charge in [0.1, 0.15) is 0 Å². The monoisotopic (exact) mass is 304 g/mol. The number of urea groups is 1. The molecule has 0 spiro atoms. The molecule has 4 rings (SSSR count). The maximum atomic E-state index is 12.2. The highest BCUT2D eigenvalue weighted by Gasteiger charge is 2.37. The minimum atomic E-state index is 0.0538. The molecule has 6 heteroatoms. The minimum Gasteiger partial charge on any atom is -0.381 e. The van der Waals surface area contributed by atoms with Gasteiger partial charge in [0, 0.05) is 33.4 Å². The molecule has 1 N–H and O–H groups in total. The van der Waals surface area contributed by atoms with E-state index in [2.05, 4.69) is 10.4 Å². The summed E-state index contributed by atoms with van der Waals surface area (Å²) in [5, 5.41) is 7.39. The highest BCUT2D eigenvalue weighted by Crippen LogP contribution is 2.41. The summed E-state index contributed by atoms with van der Waals surface area (Å²) in [7, 11) is 1.95. The minimum absolute atomic E-state index is 0.0538. The molecule has 2 aliphatic heterocycles. The second-order valence-corrected chi connectivity index (χ2v) is 6.89. The normalized spacial score (nSPS) is 25.3. The standard InChI is InChI=1S/C16H24N4O2/c1-19-15(14(6-18-19)11-2-3-11)7-17-16(21)20-8-13(9-20)12-4-5-22-10-12/h6,11-13H,2-5,7-10H2,1H3,(H,17,21). The lowest BCUT2D eigenvalue weighted by molar-refractivity contribution is 0.0743. The van der Waals surface area contributed by atoms with Crippen LogP contribution in [0.3, 0.4) is 0 Å². The Balaban J connectivity index is 1.28. The molecule has 0 radical (unpaired) electrons. The van der Waals surface area contributed by atoms with Crippen molar-refractivity contribution in [1.29, 1.82) is 0 Å². The van der Waals surface area contributed by atoms with Crippen molar-refractivity contribution < 1.29 is 9.53 Å². The van der Waals surface area contributed by atoms with Crippen LogP contribution in [0.1, 0.15) is 36.4 Å². The third-order valence-corrected chi connectivity index (χ3v) is 5.35. The van der Waals surface area contributed by atoms with Crippen LogP contribution in [0.4, 0.5) is 4.79 Å². The van der Waals surface area contributed by atoms with E-state index >= 15 is 0 Å². The summed E-state index contributed by atoms with van der Waals surface area (Å²) >= 11 is 0. The van der Waals surface area contributed by atoms with Crippen molar-refractivity contribution in [2.75, 3.05) is 26.3 Å². The van der Waals surface area contributed by atoms with E-state index in [1.807, 2.05) is 22.8 Å². The fourth-order valence-corrected chi connectivity index (χ4v) is 3.60. The molecule has 1 aromatic rings. The number of nitrogens with one attached hydrogen (secondary N) is 1. The van der Waals surface area contributed by atoms with Crippen LogP contribution in [-0.4, -0.2) is 47.0 Å². The average Bonchev–Trinajstić information content (AvgIpc) is 3.03. The van der Waals surface area contributed by atoms with Crippen LogP contribution in [0.2, 0.25) is 0 Å². The number of rotatable bonds is 4. The second kappa shape index (κ2) is 5.57. The number of amides is 2. The summed E-state index contributed by atoms with van der Waals surface area (Å²) in [4.78, 5) is 14.2. The molecule has 1 aliphatic carbocycles. The maximum Gasteiger partial charge on any atom is 0.317 e. The number of aryl methyl sites for hydroxylation is 1. The van der Waals surface area contributed by atoms with Crippen LogP contribution in [-0.2, 0) is 18.3 Å². The molecule has 3 aliphatic rings. The van der Waals surface area contributed by atoms with Crippen molar-refractivity contribution in [1.82, 2.24) is 20.0 Å². The van der Waals surface area contributed by atoms with E-state index in [9.17, 15) is 4.79 Å². The molecule has 3 heterocycles. The zero-order valence-electron chi connectivity index (χ0n) is 13.1. The van der Waals surface area contributed by atoms with Gasteiger partial charge in [-0.25, -0.2) is 4.79 Å². The number of ether oxygens (including phenoxy) is 1. The van der Waals surface area contributed by atoms with Gasteiger partial charge in [0.2, 0.25) is 0 Å². The number of hydrogen-bond acceptors (Lipinski definition) is 3. The Morgan fingerprint density at radius 3 is 2.86 bits per heavy atom. The lowest BCUT2D eigenvalue weighted by Gasteiger charge is -2.41. The van der Waals surface area contributed by atoms with Gasteiger partial charge in [0.15, 0.2) is 0 Å². The molecule has 0 aromatic carbocycles. The maximum absolute atomic E-state index is 12.2. The van der Waals surface area contributed by atoms with Gasteiger partial charge in [-0.2, -0.15) is 5.10 Å². The van der Waals surface area contributed by atoms with E-state index in [4.69, 9.17) is 4.74 Å². The highest BCUT2D eigenvalue weighted by molar-refractivity contribution is 5.75. The number of carbonyl (C=O) groups is 1. The van der Waals surface area contributed by atoms with E-state index in [0.29, 0.717) is 24.3 Å². The Kier molecular flexibility index (Phi) is 3.56. The van der Waals surface area contributed by atoms with E-state index in [-0.39, 0.29) is 6.03 Å². The predicted molar refractivity (Wildman–Crippen MR) is 81.4 cm³/mol. The van der Waals surface area contributed by atoms with Gasteiger partial charge < -0.3 is 15.0 Å². The van der Waals surface area contributed by atoms with E-state index in [1.165, 1.54) is 18.4 Å². The third-order valence-electron chi connectivity index (χ3n) is 5.35. The largest absolute Gasteiger partial charge is 0.381 e. The van der Waals surface area contributed by atoms with Crippen LogP contribution in [0.25, 0.3) is 0 Å². The van der Waals surface area contributed by atoms with Crippen LogP contribution in [0, 0.1) is 11.8 Å². The van der Waals surface area contributed by atoms with Gasteiger partial charge in [0.05, 0.1) is 18.4 Å². The zero-order valence-corrected chi connectivity index (χ0v) is 13.1. The van der Waals surface area contributed by atoms with E-state index in [1.54, 1.807) is 0 Å². The van der Waals surface area contributed by atoms with Crippen LogP contribution >= 0.6 is 0 Å². The summed E-state index contributed by atoms with van der Waals surface area (Å²) in [6, 6.07) is 0.0538. The number of hydrogen-bond donors (Lipinski definition) is 1. The summed E-state index contributed by atoms with van der Waals surface area (Å²) in [6.07, 6.45) is 5.62. The molecule has 1 saturated carbocycles. The zero-order chi connectivity index (χ0) is 15.1. The summed E-state index contributed by atoms with van der Waals surface area (Å²) in [6.45, 7) is 4.09. The van der Waals surface area contributed by atoms with E-state index < -0.39 is 0 Å². The van der Waals surface area contributed by atoms with Crippen molar-refractivity contribution in [2.24, 2.45) is 18.9 Å². The number of carbonyl (C=O) groups excluding carboxylic acids is 1. The Morgan fingerprint density at radius 1 is 1.36 bits per heavy atom. The van der Waals surface area contributed by atoms with Gasteiger partial charge in [0.25, 0.3) is 0 Å². The summed E-state index contributed by atoms with van der Waals surface area (Å²) < 4.78 is 7.32. The van der Waals surface area contributed by atoms with Crippen molar-refractivity contribution in [3.8, 4) is 0 Å². The topological polar surface area (TPSA) is 59.4 Å². The van der Waals surface area contributed by atoms with Gasteiger partial charge >= 0.3 is 6.03 Å². The fraction of sp³-hybridized carbons (Fsp3) is 0.750. The average molecular weight is 304 g/mol. The molecule has 0 bridgehead atoms. The van der Waals surface area contributed by atoms with Crippen LogP contribution in [0.15, 0.2) is 6.20 Å². The molecule has 1 unspecified atom stereocenters. The SMILES string of the molecule is Cn1ncc(C2CC2)c1CNC(=O)N1CC(C2CCOC2)C1. The first-order chi connectivity index (χ1) is 10.7. The van der Waals surface area contributed by atoms with Crippen molar-refractivity contribution in [2.45, 2.75) is 31.7 Å². The quantitative estimate of drug-likeness (QED) is 0.916. The van der Waals surface area contributed by atoms with Gasteiger partial charge in [-0.1, -0.05) is 0 Å². The van der Waals surface area contributed by atoms with Gasteiger partial charge in [-0.15, -0.1) is 0 Å². The molecule has 6 nitrogen and oxygen atoms in total. The lowest BCUT2D eigenvalue weighted by Crippen LogP contribution is -2.55. The molecule has 120 valence electrons. The smallest absolute Gasteiger partial charge is 0.317 e. The third kappa shape index (κ3) is 2.60. The number of nitrogens with zero attached hydrogens (tertiary/aromatic N) is 3. The molecule has 22 heavy (non-hydrogen) atoms. The first kappa shape index (κ1) is 14.1. The molecular formula is C16H24N4O2. The number of aromatic nitrogens is 2. The second-order valence-electron chi connectivity index (χ2n) is 6.89. The first-order valence-corrected chi connectivity index (χ1v) is 8.33. The summed E-state index contributed by atoms with van der Waals surface area (Å²) in [5.74, 6) is 1.95. The Bertz CT molecular complexity index is 554. The van der Waals surface area contributed by atoms with Crippen molar-refractivity contribution >= 4 is 6.03 Å². The fourth-order valence-electron chi connectivity index (χ4n) is 3.60. The van der Waals surface area contributed by atoms with Crippen molar-refractivity contribution in [3.63, 3.8) is 0 Å². The molecule has 3 fully saturated rings. The first-order valence-electron chi connectivity index (χ1n) is 8.33. The van der Waals surface area contributed by atoms with Gasteiger partial charge in [-0.3, -0.25) is 4.68 Å². The Hall–Kier alpha value is -1.56. The summed E-state index contributed by atoms with van der Waals surface area (Å²) in [5.41, 5.74) is 2.46.